The predicted octanol–water partition coefficient (Wildman–Crippen LogP) is 8.54. The van der Waals surface area contributed by atoms with Crippen LogP contribution in [0.15, 0.2) is 54.6 Å². The first-order valence-electron chi connectivity index (χ1n) is 13.2. The number of hydrogen-bond acceptors (Lipinski definition) is 2. The zero-order chi connectivity index (χ0) is 23.0. The van der Waals surface area contributed by atoms with Crippen molar-refractivity contribution in [1.29, 1.82) is 0 Å². The lowest BCUT2D eigenvalue weighted by Crippen LogP contribution is -2.17. The predicted molar refractivity (Wildman–Crippen MR) is 142 cm³/mol. The summed E-state index contributed by atoms with van der Waals surface area (Å²) in [4.78, 5) is 0. The average molecular weight is 445 g/mol. The molecule has 0 bridgehead atoms. The highest BCUT2D eigenvalue weighted by atomic mass is 16.3. The maximum absolute atomic E-state index is 11.3. The van der Waals surface area contributed by atoms with Crippen LogP contribution in [0.5, 0.6) is 0 Å². The Hall–Kier alpha value is -2.16. The second kappa shape index (κ2) is 11.8. The van der Waals surface area contributed by atoms with Crippen LogP contribution in [0.25, 0.3) is 32.3 Å². The number of rotatable bonds is 14. The second-order valence-electron chi connectivity index (χ2n) is 9.87. The number of unbranched alkanes of at least 4 members (excludes halogenated alkanes) is 9. The van der Waals surface area contributed by atoms with E-state index in [9.17, 15) is 10.2 Å². The first kappa shape index (κ1) is 24.0. The van der Waals surface area contributed by atoms with Gasteiger partial charge in [0.2, 0.25) is 0 Å². The molecule has 0 aliphatic heterocycles. The number of hydrogen-bond donors (Lipinski definition) is 2. The number of aliphatic hydroxyl groups is 2. The fourth-order valence-corrected chi connectivity index (χ4v) is 5.51. The normalized spacial score (nSPS) is 13.9. The minimum absolute atomic E-state index is 0.0283. The standard InChI is InChI=1S/C31H40O2/c1-2-3-4-5-6-7-8-9-10-11-13-26(22-32)31(33)28-21-19-25-17-16-23-14-12-15-24-18-20-27(28)30(25)29(23)24/h12,14-21,26,31-33H,2-11,13,22H2,1H3. The van der Waals surface area contributed by atoms with Gasteiger partial charge < -0.3 is 10.2 Å². The zero-order valence-corrected chi connectivity index (χ0v) is 20.2. The molecule has 2 atom stereocenters. The van der Waals surface area contributed by atoms with Gasteiger partial charge in [0, 0.05) is 12.5 Å². The van der Waals surface area contributed by atoms with Crippen molar-refractivity contribution < 1.29 is 10.2 Å². The van der Waals surface area contributed by atoms with Crippen LogP contribution in [0.1, 0.15) is 89.2 Å². The molecule has 0 amide bonds. The molecular weight excluding hydrogens is 404 g/mol. The molecule has 0 radical (unpaired) electrons. The van der Waals surface area contributed by atoms with Gasteiger partial charge >= 0.3 is 0 Å². The molecule has 2 nitrogen and oxygen atoms in total. The third-order valence-corrected chi connectivity index (χ3v) is 7.49. The largest absolute Gasteiger partial charge is 0.396 e. The lowest BCUT2D eigenvalue weighted by atomic mass is 9.86. The molecule has 33 heavy (non-hydrogen) atoms. The smallest absolute Gasteiger partial charge is 0.0846 e. The Bertz CT molecular complexity index is 1120. The lowest BCUT2D eigenvalue weighted by Gasteiger charge is -2.24. The van der Waals surface area contributed by atoms with Gasteiger partial charge in [-0.2, -0.15) is 0 Å². The lowest BCUT2D eigenvalue weighted by molar-refractivity contribution is 0.0613. The molecule has 0 heterocycles. The Morgan fingerprint density at radius 2 is 1.18 bits per heavy atom. The summed E-state index contributed by atoms with van der Waals surface area (Å²) < 4.78 is 0. The van der Waals surface area contributed by atoms with Crippen molar-refractivity contribution in [2.24, 2.45) is 5.92 Å². The molecule has 0 fully saturated rings. The Kier molecular flexibility index (Phi) is 8.58. The van der Waals surface area contributed by atoms with E-state index >= 15 is 0 Å². The molecule has 2 heteroatoms. The number of aliphatic hydroxyl groups excluding tert-OH is 2. The van der Waals surface area contributed by atoms with Crippen LogP contribution in [0, 0.1) is 5.92 Å². The van der Waals surface area contributed by atoms with E-state index in [-0.39, 0.29) is 12.5 Å². The summed E-state index contributed by atoms with van der Waals surface area (Å²) in [5.41, 5.74) is 0.951. The van der Waals surface area contributed by atoms with Crippen LogP contribution in [0.4, 0.5) is 0 Å². The van der Waals surface area contributed by atoms with E-state index < -0.39 is 6.10 Å². The minimum Gasteiger partial charge on any atom is -0.396 e. The third-order valence-electron chi connectivity index (χ3n) is 7.49. The van der Waals surface area contributed by atoms with Gasteiger partial charge in [0.25, 0.3) is 0 Å². The molecule has 2 N–H and O–H groups in total. The molecule has 0 aliphatic rings. The Balaban J connectivity index is 1.38. The average Bonchev–Trinajstić information content (AvgIpc) is 2.85. The van der Waals surface area contributed by atoms with Crippen LogP contribution in [0.3, 0.4) is 0 Å². The molecule has 4 rings (SSSR count). The molecule has 0 aliphatic carbocycles. The highest BCUT2D eigenvalue weighted by Gasteiger charge is 2.23. The monoisotopic (exact) mass is 444 g/mol. The fourth-order valence-electron chi connectivity index (χ4n) is 5.51. The molecule has 0 spiro atoms. The van der Waals surface area contributed by atoms with E-state index in [2.05, 4.69) is 61.5 Å². The zero-order valence-electron chi connectivity index (χ0n) is 20.2. The number of benzene rings is 4. The summed E-state index contributed by atoms with van der Waals surface area (Å²) in [6.07, 6.45) is 13.2. The van der Waals surface area contributed by atoms with Crippen molar-refractivity contribution in [3.8, 4) is 0 Å². The SMILES string of the molecule is CCCCCCCCCCCCC(CO)C(O)c1ccc2ccc3cccc4ccc1c2c34. The van der Waals surface area contributed by atoms with Crippen molar-refractivity contribution in [2.45, 2.75) is 83.7 Å². The third kappa shape index (κ3) is 5.50. The molecule has 4 aromatic carbocycles. The van der Waals surface area contributed by atoms with E-state index in [0.717, 1.165) is 23.8 Å². The Morgan fingerprint density at radius 1 is 0.636 bits per heavy atom. The molecule has 4 aromatic rings. The van der Waals surface area contributed by atoms with Crippen LogP contribution >= 0.6 is 0 Å². The van der Waals surface area contributed by atoms with Crippen molar-refractivity contribution in [3.63, 3.8) is 0 Å². The van der Waals surface area contributed by atoms with E-state index in [4.69, 9.17) is 0 Å². The van der Waals surface area contributed by atoms with E-state index in [1.54, 1.807) is 0 Å². The minimum atomic E-state index is -0.641. The summed E-state index contributed by atoms with van der Waals surface area (Å²) in [5, 5.41) is 28.7. The molecular formula is C31H40O2. The van der Waals surface area contributed by atoms with Crippen molar-refractivity contribution in [2.75, 3.05) is 6.61 Å². The first-order chi connectivity index (χ1) is 16.2. The second-order valence-corrected chi connectivity index (χ2v) is 9.87. The van der Waals surface area contributed by atoms with Gasteiger partial charge in [-0.3, -0.25) is 0 Å². The molecule has 0 aromatic heterocycles. The van der Waals surface area contributed by atoms with Crippen LogP contribution in [-0.4, -0.2) is 16.8 Å². The maximum atomic E-state index is 11.3. The van der Waals surface area contributed by atoms with Gasteiger partial charge in [0.15, 0.2) is 0 Å². The van der Waals surface area contributed by atoms with Crippen LogP contribution in [0.2, 0.25) is 0 Å². The summed E-state index contributed by atoms with van der Waals surface area (Å²) in [6.45, 7) is 2.29. The molecule has 176 valence electrons. The maximum Gasteiger partial charge on any atom is 0.0846 e. The Morgan fingerprint density at radius 3 is 1.82 bits per heavy atom. The summed E-state index contributed by atoms with van der Waals surface area (Å²) >= 11 is 0. The van der Waals surface area contributed by atoms with Gasteiger partial charge in [-0.15, -0.1) is 0 Å². The van der Waals surface area contributed by atoms with E-state index in [0.29, 0.717) is 0 Å². The highest BCUT2D eigenvalue weighted by molar-refractivity contribution is 6.23. The van der Waals surface area contributed by atoms with Crippen LogP contribution < -0.4 is 0 Å². The highest BCUT2D eigenvalue weighted by Crippen LogP contribution is 2.39. The van der Waals surface area contributed by atoms with E-state index in [1.807, 2.05) is 0 Å². The first-order valence-corrected chi connectivity index (χ1v) is 13.2. The topological polar surface area (TPSA) is 40.5 Å². The molecule has 0 saturated carbocycles. The molecule has 2 unspecified atom stereocenters. The van der Waals surface area contributed by atoms with Gasteiger partial charge in [-0.1, -0.05) is 126 Å². The quantitative estimate of drug-likeness (QED) is 0.151. The van der Waals surface area contributed by atoms with Crippen molar-refractivity contribution in [1.82, 2.24) is 0 Å². The van der Waals surface area contributed by atoms with E-state index in [1.165, 1.54) is 84.7 Å². The summed E-state index contributed by atoms with van der Waals surface area (Å²) in [6, 6.07) is 19.3. The summed E-state index contributed by atoms with van der Waals surface area (Å²) in [5.74, 6) is -0.113. The Labute approximate surface area is 199 Å². The fraction of sp³-hybridized carbons (Fsp3) is 0.484. The van der Waals surface area contributed by atoms with Gasteiger partial charge in [-0.05, 0) is 44.3 Å². The van der Waals surface area contributed by atoms with Gasteiger partial charge in [0.05, 0.1) is 6.10 Å². The summed E-state index contributed by atoms with van der Waals surface area (Å²) in [7, 11) is 0. The van der Waals surface area contributed by atoms with Gasteiger partial charge in [-0.25, -0.2) is 0 Å². The van der Waals surface area contributed by atoms with Crippen molar-refractivity contribution in [3.05, 3.63) is 60.2 Å². The van der Waals surface area contributed by atoms with Gasteiger partial charge in [0.1, 0.15) is 0 Å². The van der Waals surface area contributed by atoms with Crippen molar-refractivity contribution >= 4 is 32.3 Å². The molecule has 0 saturated heterocycles. The van der Waals surface area contributed by atoms with Crippen LogP contribution in [-0.2, 0) is 0 Å².